The molecule has 1 heterocycles. The molecule has 0 spiro atoms. The van der Waals surface area contributed by atoms with Crippen molar-refractivity contribution in [2.75, 3.05) is 18.4 Å². The number of hydrogen-bond acceptors (Lipinski definition) is 5. The highest BCUT2D eigenvalue weighted by Gasteiger charge is 2.20. The Morgan fingerprint density at radius 2 is 2.22 bits per heavy atom. The molecule has 1 fully saturated rings. The van der Waals surface area contributed by atoms with Gasteiger partial charge in [0.2, 0.25) is 0 Å². The summed E-state index contributed by atoms with van der Waals surface area (Å²) >= 11 is 0. The van der Waals surface area contributed by atoms with E-state index in [1.165, 1.54) is 6.07 Å². The van der Waals surface area contributed by atoms with Crippen LogP contribution in [0.3, 0.4) is 0 Å². The van der Waals surface area contributed by atoms with Crippen LogP contribution in [0, 0.1) is 10.1 Å². The minimum Gasteiger partial charge on any atom is -0.484 e. The summed E-state index contributed by atoms with van der Waals surface area (Å²) in [5.41, 5.74) is 0.851. The molecule has 0 radical (unpaired) electrons. The number of nitrogens with one attached hydrogen (secondary N) is 2. The Kier molecular flexibility index (Phi) is 3.66. The molecule has 1 aromatic carbocycles. The van der Waals surface area contributed by atoms with Gasteiger partial charge < -0.3 is 15.4 Å². The lowest BCUT2D eigenvalue weighted by atomic mass is 10.1. The maximum absolute atomic E-state index is 10.9. The lowest BCUT2D eigenvalue weighted by Gasteiger charge is -2.29. The minimum atomic E-state index is -0.424. The van der Waals surface area contributed by atoms with Gasteiger partial charge in [-0.2, -0.15) is 0 Å². The van der Waals surface area contributed by atoms with Gasteiger partial charge in [0.15, 0.2) is 5.75 Å². The summed E-state index contributed by atoms with van der Waals surface area (Å²) in [4.78, 5) is 10.5. The van der Waals surface area contributed by atoms with Gasteiger partial charge in [0.1, 0.15) is 0 Å². The first kappa shape index (κ1) is 12.6. The molecule has 1 aromatic rings. The van der Waals surface area contributed by atoms with Gasteiger partial charge in [-0.1, -0.05) is 0 Å². The third kappa shape index (κ3) is 2.89. The molecule has 1 saturated heterocycles. The lowest BCUT2D eigenvalue weighted by Crippen LogP contribution is -2.51. The summed E-state index contributed by atoms with van der Waals surface area (Å²) in [6.07, 6.45) is -0.0932. The van der Waals surface area contributed by atoms with Gasteiger partial charge in [0.05, 0.1) is 17.1 Å². The summed E-state index contributed by atoms with van der Waals surface area (Å²) in [7, 11) is 0. The summed E-state index contributed by atoms with van der Waals surface area (Å²) < 4.78 is 5.48. The molecule has 1 aliphatic heterocycles. The maximum atomic E-state index is 10.9. The second-order valence-electron chi connectivity index (χ2n) is 4.61. The number of nitrogens with zero attached hydrogens (tertiary/aromatic N) is 1. The molecule has 6 nitrogen and oxygen atoms in total. The van der Waals surface area contributed by atoms with Crippen molar-refractivity contribution in [3.63, 3.8) is 0 Å². The second kappa shape index (κ2) is 5.22. The number of hydrogen-bond donors (Lipinski definition) is 2. The van der Waals surface area contributed by atoms with Crippen molar-refractivity contribution in [1.82, 2.24) is 5.32 Å². The summed E-state index contributed by atoms with van der Waals surface area (Å²) in [6.45, 7) is 5.52. The molecule has 2 N–H and O–H groups in total. The molecular weight excluding hydrogens is 234 g/mol. The molecule has 1 aliphatic rings. The fourth-order valence-corrected chi connectivity index (χ4v) is 1.73. The molecule has 18 heavy (non-hydrogen) atoms. The molecule has 0 bridgehead atoms. The van der Waals surface area contributed by atoms with Crippen LogP contribution in [0.15, 0.2) is 18.2 Å². The van der Waals surface area contributed by atoms with Crippen LogP contribution in [0.1, 0.15) is 13.8 Å². The van der Waals surface area contributed by atoms with Crippen LogP contribution in [0.5, 0.6) is 5.75 Å². The average Bonchev–Trinajstić information content (AvgIpc) is 2.22. The SMILES string of the molecule is CC(C)Oc1cc(NC2CNC2)ccc1[N+](=O)[O-]. The van der Waals surface area contributed by atoms with Crippen molar-refractivity contribution in [3.8, 4) is 5.75 Å². The predicted molar refractivity (Wildman–Crippen MR) is 69.1 cm³/mol. The first-order valence-electron chi connectivity index (χ1n) is 5.98. The van der Waals surface area contributed by atoms with E-state index >= 15 is 0 Å². The quantitative estimate of drug-likeness (QED) is 0.616. The zero-order valence-corrected chi connectivity index (χ0v) is 10.5. The molecule has 0 aliphatic carbocycles. The van der Waals surface area contributed by atoms with E-state index in [0.29, 0.717) is 11.8 Å². The van der Waals surface area contributed by atoms with Gasteiger partial charge in [-0.3, -0.25) is 10.1 Å². The third-order valence-corrected chi connectivity index (χ3v) is 2.67. The molecule has 0 unspecified atom stereocenters. The molecule has 0 saturated carbocycles. The van der Waals surface area contributed by atoms with E-state index in [0.717, 1.165) is 18.8 Å². The third-order valence-electron chi connectivity index (χ3n) is 2.67. The highest BCUT2D eigenvalue weighted by Crippen LogP contribution is 2.31. The van der Waals surface area contributed by atoms with Gasteiger partial charge in [-0.15, -0.1) is 0 Å². The molecular formula is C12H17N3O3. The monoisotopic (exact) mass is 251 g/mol. The molecule has 0 amide bonds. The number of benzene rings is 1. The normalized spacial score (nSPS) is 15.3. The Morgan fingerprint density at radius 3 is 2.72 bits per heavy atom. The van der Waals surface area contributed by atoms with E-state index in [4.69, 9.17) is 4.74 Å². The number of ether oxygens (including phenoxy) is 1. The van der Waals surface area contributed by atoms with Crippen LogP contribution < -0.4 is 15.4 Å². The Hall–Kier alpha value is -1.82. The Bertz CT molecular complexity index is 444. The van der Waals surface area contributed by atoms with Crippen molar-refractivity contribution in [2.24, 2.45) is 0 Å². The summed E-state index contributed by atoms with van der Waals surface area (Å²) in [5.74, 6) is 0.312. The highest BCUT2D eigenvalue weighted by molar-refractivity contribution is 5.58. The molecule has 0 atom stereocenters. The van der Waals surface area contributed by atoms with Crippen LogP contribution in [0.25, 0.3) is 0 Å². The van der Waals surface area contributed by atoms with Crippen molar-refractivity contribution >= 4 is 11.4 Å². The van der Waals surface area contributed by atoms with E-state index < -0.39 is 4.92 Å². The van der Waals surface area contributed by atoms with E-state index in [1.807, 2.05) is 13.8 Å². The highest BCUT2D eigenvalue weighted by atomic mass is 16.6. The van der Waals surface area contributed by atoms with Gasteiger partial charge >= 0.3 is 5.69 Å². The minimum absolute atomic E-state index is 0.000912. The van der Waals surface area contributed by atoms with Gasteiger partial charge in [-0.25, -0.2) is 0 Å². The molecule has 0 aromatic heterocycles. The second-order valence-corrected chi connectivity index (χ2v) is 4.61. The van der Waals surface area contributed by atoms with Gasteiger partial charge in [0, 0.05) is 30.9 Å². The largest absolute Gasteiger partial charge is 0.484 e. The van der Waals surface area contributed by atoms with Crippen LogP contribution in [-0.4, -0.2) is 30.2 Å². The van der Waals surface area contributed by atoms with Crippen LogP contribution in [0.2, 0.25) is 0 Å². The first-order valence-corrected chi connectivity index (χ1v) is 5.98. The number of nitro groups is 1. The van der Waals surface area contributed by atoms with Crippen LogP contribution in [-0.2, 0) is 0 Å². The van der Waals surface area contributed by atoms with Crippen molar-refractivity contribution < 1.29 is 9.66 Å². The predicted octanol–water partition coefficient (Wildman–Crippen LogP) is 1.77. The van der Waals surface area contributed by atoms with Crippen molar-refractivity contribution in [1.29, 1.82) is 0 Å². The number of anilines is 1. The zero-order chi connectivity index (χ0) is 13.1. The molecule has 2 rings (SSSR count). The smallest absolute Gasteiger partial charge is 0.311 e. The number of rotatable bonds is 5. The Balaban J connectivity index is 2.19. The van der Waals surface area contributed by atoms with Crippen molar-refractivity contribution in [3.05, 3.63) is 28.3 Å². The fraction of sp³-hybridized carbons (Fsp3) is 0.500. The van der Waals surface area contributed by atoms with Crippen LogP contribution >= 0.6 is 0 Å². The maximum Gasteiger partial charge on any atom is 0.311 e. The summed E-state index contributed by atoms with van der Waals surface area (Å²) in [6, 6.07) is 5.27. The first-order chi connectivity index (χ1) is 8.56. The molecule has 98 valence electrons. The topological polar surface area (TPSA) is 76.4 Å². The number of nitro benzene ring substituents is 1. The fourth-order valence-electron chi connectivity index (χ4n) is 1.73. The van der Waals surface area contributed by atoms with E-state index in [1.54, 1.807) is 12.1 Å². The van der Waals surface area contributed by atoms with E-state index in [2.05, 4.69) is 10.6 Å². The van der Waals surface area contributed by atoms with E-state index in [9.17, 15) is 10.1 Å². The Morgan fingerprint density at radius 1 is 1.50 bits per heavy atom. The zero-order valence-electron chi connectivity index (χ0n) is 10.5. The van der Waals surface area contributed by atoms with Crippen molar-refractivity contribution in [2.45, 2.75) is 26.0 Å². The van der Waals surface area contributed by atoms with Gasteiger partial charge in [0.25, 0.3) is 0 Å². The standard InChI is InChI=1S/C12H17N3O3/c1-8(2)18-12-5-9(14-10-6-13-7-10)3-4-11(12)15(16)17/h3-5,8,10,13-14H,6-7H2,1-2H3. The lowest BCUT2D eigenvalue weighted by molar-refractivity contribution is -0.386. The van der Waals surface area contributed by atoms with Gasteiger partial charge in [-0.05, 0) is 19.9 Å². The summed E-state index contributed by atoms with van der Waals surface area (Å²) in [5, 5.41) is 17.3. The van der Waals surface area contributed by atoms with Crippen LogP contribution in [0.4, 0.5) is 11.4 Å². The Labute approximate surface area is 105 Å². The average molecular weight is 251 g/mol. The van der Waals surface area contributed by atoms with E-state index in [-0.39, 0.29) is 11.8 Å². The molecule has 6 heteroatoms.